The number of aromatic nitrogens is 1. The first kappa shape index (κ1) is 12.6. The normalized spacial score (nSPS) is 16.3. The number of rotatable bonds is 3. The molecule has 0 radical (unpaired) electrons. The summed E-state index contributed by atoms with van der Waals surface area (Å²) in [5.74, 6) is -0.236. The molecule has 1 saturated heterocycles. The minimum Gasteiger partial charge on any atom is -0.474 e. The Balaban J connectivity index is 2.17. The highest BCUT2D eigenvalue weighted by Gasteiger charge is 2.21. The molecule has 2 N–H and O–H groups in total. The predicted molar refractivity (Wildman–Crippen MR) is 64.5 cm³/mol. The molecule has 1 aromatic rings. The number of esters is 1. The molecule has 98 valence electrons. The Hall–Kier alpha value is -1.82. The van der Waals surface area contributed by atoms with E-state index < -0.39 is 5.97 Å². The molecule has 0 atom stereocenters. The number of nitrogens with two attached hydrogens (primary N) is 1. The fraction of sp³-hybridized carbons (Fsp3) is 0.500. The lowest BCUT2D eigenvalue weighted by molar-refractivity contribution is 0.0227. The molecule has 6 heteroatoms. The number of hydrogen-bond acceptors (Lipinski definition) is 6. The monoisotopic (exact) mass is 252 g/mol. The van der Waals surface area contributed by atoms with E-state index in [9.17, 15) is 4.79 Å². The van der Waals surface area contributed by atoms with Gasteiger partial charge >= 0.3 is 5.97 Å². The number of nitrogens with zero attached hydrogens (tertiary/aromatic N) is 1. The van der Waals surface area contributed by atoms with Gasteiger partial charge in [0.05, 0.1) is 32.2 Å². The molecule has 0 amide bonds. The zero-order valence-corrected chi connectivity index (χ0v) is 10.2. The van der Waals surface area contributed by atoms with Crippen LogP contribution in [0, 0.1) is 0 Å². The van der Waals surface area contributed by atoms with Crippen LogP contribution < -0.4 is 10.5 Å². The van der Waals surface area contributed by atoms with Gasteiger partial charge in [-0.25, -0.2) is 9.78 Å². The van der Waals surface area contributed by atoms with Crippen LogP contribution in [-0.4, -0.2) is 37.4 Å². The molecule has 2 rings (SSSR count). The number of anilines is 1. The van der Waals surface area contributed by atoms with Crippen LogP contribution >= 0.6 is 0 Å². The Bertz CT molecular complexity index is 430. The third kappa shape index (κ3) is 2.89. The van der Waals surface area contributed by atoms with Gasteiger partial charge in [-0.2, -0.15) is 0 Å². The summed E-state index contributed by atoms with van der Waals surface area (Å²) in [4.78, 5) is 15.7. The standard InChI is InChI=1S/C12H16N2O4/c1-16-12(15)10-6-8(13)7-14-11(10)18-9-2-4-17-5-3-9/h6-7,9H,2-5,13H2,1H3. The number of carbonyl (C=O) groups is 1. The van der Waals surface area contributed by atoms with E-state index in [1.54, 1.807) is 0 Å². The van der Waals surface area contributed by atoms with Gasteiger partial charge in [0, 0.05) is 12.8 Å². The maximum Gasteiger partial charge on any atom is 0.343 e. The molecule has 0 aromatic carbocycles. The Morgan fingerprint density at radius 2 is 2.22 bits per heavy atom. The Morgan fingerprint density at radius 3 is 2.89 bits per heavy atom. The average Bonchev–Trinajstić information content (AvgIpc) is 2.41. The van der Waals surface area contributed by atoms with Crippen molar-refractivity contribution in [3.05, 3.63) is 17.8 Å². The molecule has 0 spiro atoms. The van der Waals surface area contributed by atoms with Crippen LogP contribution in [0.4, 0.5) is 5.69 Å². The molecule has 0 aliphatic carbocycles. The fourth-order valence-electron chi connectivity index (χ4n) is 1.77. The van der Waals surface area contributed by atoms with Crippen LogP contribution in [0.2, 0.25) is 0 Å². The van der Waals surface area contributed by atoms with Crippen molar-refractivity contribution in [2.75, 3.05) is 26.1 Å². The zero-order chi connectivity index (χ0) is 13.0. The average molecular weight is 252 g/mol. The maximum absolute atomic E-state index is 11.6. The molecular weight excluding hydrogens is 236 g/mol. The van der Waals surface area contributed by atoms with E-state index in [-0.39, 0.29) is 17.5 Å². The van der Waals surface area contributed by atoms with E-state index >= 15 is 0 Å². The summed E-state index contributed by atoms with van der Waals surface area (Å²) in [5.41, 5.74) is 6.26. The topological polar surface area (TPSA) is 83.7 Å². The third-order valence-electron chi connectivity index (χ3n) is 2.72. The highest BCUT2D eigenvalue weighted by Crippen LogP contribution is 2.22. The fourth-order valence-corrected chi connectivity index (χ4v) is 1.77. The number of pyridine rings is 1. The van der Waals surface area contributed by atoms with Crippen molar-refractivity contribution < 1.29 is 19.0 Å². The van der Waals surface area contributed by atoms with E-state index in [2.05, 4.69) is 9.72 Å². The van der Waals surface area contributed by atoms with Crippen LogP contribution in [0.1, 0.15) is 23.2 Å². The molecule has 18 heavy (non-hydrogen) atoms. The molecule has 0 unspecified atom stereocenters. The molecular formula is C12H16N2O4. The summed E-state index contributed by atoms with van der Waals surface area (Å²) >= 11 is 0. The van der Waals surface area contributed by atoms with Crippen molar-refractivity contribution in [3.63, 3.8) is 0 Å². The quantitative estimate of drug-likeness (QED) is 0.808. The van der Waals surface area contributed by atoms with E-state index in [4.69, 9.17) is 15.2 Å². The second-order valence-corrected chi connectivity index (χ2v) is 4.04. The van der Waals surface area contributed by atoms with Crippen molar-refractivity contribution >= 4 is 11.7 Å². The van der Waals surface area contributed by atoms with Gasteiger partial charge in [0.15, 0.2) is 0 Å². The summed E-state index contributed by atoms with van der Waals surface area (Å²) in [7, 11) is 1.31. The number of nitrogen functional groups attached to an aromatic ring is 1. The SMILES string of the molecule is COC(=O)c1cc(N)cnc1OC1CCOCC1. The Labute approximate surface area is 105 Å². The lowest BCUT2D eigenvalue weighted by atomic mass is 10.1. The molecule has 1 aliphatic heterocycles. The number of carbonyl (C=O) groups excluding carboxylic acids is 1. The van der Waals surface area contributed by atoms with Crippen LogP contribution in [0.25, 0.3) is 0 Å². The lowest BCUT2D eigenvalue weighted by Gasteiger charge is -2.23. The van der Waals surface area contributed by atoms with Crippen molar-refractivity contribution in [1.82, 2.24) is 4.98 Å². The summed E-state index contributed by atoms with van der Waals surface area (Å²) in [6.07, 6.45) is 3.04. The second-order valence-electron chi connectivity index (χ2n) is 4.04. The molecule has 1 fully saturated rings. The van der Waals surface area contributed by atoms with Gasteiger partial charge in [-0.3, -0.25) is 0 Å². The van der Waals surface area contributed by atoms with Crippen molar-refractivity contribution in [1.29, 1.82) is 0 Å². The van der Waals surface area contributed by atoms with Crippen LogP contribution in [-0.2, 0) is 9.47 Å². The van der Waals surface area contributed by atoms with E-state index in [1.807, 2.05) is 0 Å². The summed E-state index contributed by atoms with van der Waals surface area (Å²) in [6.45, 7) is 1.32. The van der Waals surface area contributed by atoms with Gasteiger partial charge in [0.2, 0.25) is 5.88 Å². The van der Waals surface area contributed by atoms with E-state index in [0.717, 1.165) is 12.8 Å². The van der Waals surface area contributed by atoms with E-state index in [1.165, 1.54) is 19.4 Å². The first-order valence-electron chi connectivity index (χ1n) is 5.79. The van der Waals surface area contributed by atoms with Gasteiger partial charge in [-0.05, 0) is 6.07 Å². The first-order valence-corrected chi connectivity index (χ1v) is 5.79. The number of ether oxygens (including phenoxy) is 3. The van der Waals surface area contributed by atoms with Gasteiger partial charge in [-0.1, -0.05) is 0 Å². The van der Waals surface area contributed by atoms with Crippen LogP contribution in [0.15, 0.2) is 12.3 Å². The molecule has 0 bridgehead atoms. The van der Waals surface area contributed by atoms with Gasteiger partial charge in [0.1, 0.15) is 11.7 Å². The van der Waals surface area contributed by atoms with Crippen molar-refractivity contribution in [2.45, 2.75) is 18.9 Å². The molecule has 0 saturated carbocycles. The summed E-state index contributed by atoms with van der Waals surface area (Å²) in [6, 6.07) is 1.51. The zero-order valence-electron chi connectivity index (χ0n) is 10.2. The maximum atomic E-state index is 11.6. The minimum atomic E-state index is -0.503. The first-order chi connectivity index (χ1) is 8.70. The predicted octanol–water partition coefficient (Wildman–Crippen LogP) is 1.01. The summed E-state index contributed by atoms with van der Waals surface area (Å²) < 4.78 is 15.6. The van der Waals surface area contributed by atoms with Gasteiger partial charge in [-0.15, -0.1) is 0 Å². The van der Waals surface area contributed by atoms with Crippen LogP contribution in [0.5, 0.6) is 5.88 Å². The van der Waals surface area contributed by atoms with Gasteiger partial charge in [0.25, 0.3) is 0 Å². The number of methoxy groups -OCH3 is 1. The molecule has 6 nitrogen and oxygen atoms in total. The van der Waals surface area contributed by atoms with E-state index in [0.29, 0.717) is 18.9 Å². The highest BCUT2D eigenvalue weighted by molar-refractivity contribution is 5.92. The van der Waals surface area contributed by atoms with Crippen molar-refractivity contribution in [2.24, 2.45) is 0 Å². The Kier molecular flexibility index (Phi) is 3.99. The minimum absolute atomic E-state index is 0.0123. The largest absolute Gasteiger partial charge is 0.474 e. The second kappa shape index (κ2) is 5.68. The third-order valence-corrected chi connectivity index (χ3v) is 2.72. The van der Waals surface area contributed by atoms with Crippen molar-refractivity contribution in [3.8, 4) is 5.88 Å². The lowest BCUT2D eigenvalue weighted by Crippen LogP contribution is -2.27. The van der Waals surface area contributed by atoms with Gasteiger partial charge < -0.3 is 19.9 Å². The smallest absolute Gasteiger partial charge is 0.343 e. The molecule has 2 heterocycles. The molecule has 1 aliphatic rings. The summed E-state index contributed by atoms with van der Waals surface area (Å²) in [5, 5.41) is 0. The number of hydrogen-bond donors (Lipinski definition) is 1. The molecule has 1 aromatic heterocycles. The highest BCUT2D eigenvalue weighted by atomic mass is 16.5. The Morgan fingerprint density at radius 1 is 1.50 bits per heavy atom. The van der Waals surface area contributed by atoms with Crippen LogP contribution in [0.3, 0.4) is 0 Å².